The standard InChI is InChI=1S/C25H20N2O2/c26-25(28)21-11-7-18(8-12-21)5-6-19-9-15-23(16-10-19)29-17-22-14-13-20-3-1-2-4-24(20)27-22/h1-16H,17H2,(H2,26,28). The van der Waals surface area contributed by atoms with Crippen molar-refractivity contribution >= 4 is 29.0 Å². The van der Waals surface area contributed by atoms with Crippen molar-refractivity contribution in [3.05, 3.63) is 107 Å². The van der Waals surface area contributed by atoms with E-state index in [0.717, 1.165) is 33.5 Å². The number of carbonyl (C=O) groups is 1. The zero-order valence-corrected chi connectivity index (χ0v) is 15.8. The molecular weight excluding hydrogens is 360 g/mol. The molecule has 3 aromatic carbocycles. The molecule has 0 aliphatic rings. The highest BCUT2D eigenvalue weighted by Crippen LogP contribution is 2.17. The van der Waals surface area contributed by atoms with Crippen molar-refractivity contribution < 1.29 is 9.53 Å². The summed E-state index contributed by atoms with van der Waals surface area (Å²) in [5, 5.41) is 1.12. The Balaban J connectivity index is 1.37. The Labute approximate surface area is 169 Å². The number of benzene rings is 3. The minimum absolute atomic E-state index is 0.421. The van der Waals surface area contributed by atoms with Crippen molar-refractivity contribution in [2.24, 2.45) is 5.73 Å². The van der Waals surface area contributed by atoms with Gasteiger partial charge in [-0.2, -0.15) is 0 Å². The number of para-hydroxylation sites is 1. The van der Waals surface area contributed by atoms with E-state index in [-0.39, 0.29) is 0 Å². The van der Waals surface area contributed by atoms with Crippen molar-refractivity contribution in [1.82, 2.24) is 4.98 Å². The lowest BCUT2D eigenvalue weighted by Gasteiger charge is -2.07. The zero-order valence-electron chi connectivity index (χ0n) is 15.8. The van der Waals surface area contributed by atoms with Crippen molar-refractivity contribution in [1.29, 1.82) is 0 Å². The number of pyridine rings is 1. The molecule has 0 spiro atoms. The Kier molecular flexibility index (Phi) is 5.34. The molecule has 0 aliphatic carbocycles. The number of ether oxygens (including phenoxy) is 1. The van der Waals surface area contributed by atoms with Gasteiger partial charge in [-0.05, 0) is 47.5 Å². The van der Waals surface area contributed by atoms with Gasteiger partial charge in [0.25, 0.3) is 0 Å². The van der Waals surface area contributed by atoms with Crippen LogP contribution in [0.5, 0.6) is 5.75 Å². The van der Waals surface area contributed by atoms with Crippen LogP contribution in [0.2, 0.25) is 0 Å². The fourth-order valence-electron chi connectivity index (χ4n) is 2.97. The number of hydrogen-bond acceptors (Lipinski definition) is 3. The zero-order chi connectivity index (χ0) is 20.1. The maximum atomic E-state index is 11.1. The monoisotopic (exact) mass is 380 g/mol. The van der Waals surface area contributed by atoms with Gasteiger partial charge in [-0.1, -0.05) is 60.7 Å². The van der Waals surface area contributed by atoms with E-state index in [0.29, 0.717) is 12.2 Å². The van der Waals surface area contributed by atoms with Crippen molar-refractivity contribution in [3.8, 4) is 5.75 Å². The number of amides is 1. The van der Waals surface area contributed by atoms with E-state index in [9.17, 15) is 4.79 Å². The topological polar surface area (TPSA) is 65.2 Å². The molecule has 4 heteroatoms. The fourth-order valence-corrected chi connectivity index (χ4v) is 2.97. The molecule has 0 radical (unpaired) electrons. The van der Waals surface area contributed by atoms with E-state index in [2.05, 4.69) is 11.1 Å². The lowest BCUT2D eigenvalue weighted by Crippen LogP contribution is -2.10. The largest absolute Gasteiger partial charge is 0.487 e. The van der Waals surface area contributed by atoms with E-state index in [1.807, 2.05) is 78.9 Å². The Bertz CT molecular complexity index is 1160. The highest BCUT2D eigenvalue weighted by atomic mass is 16.5. The van der Waals surface area contributed by atoms with Crippen LogP contribution in [0.1, 0.15) is 27.2 Å². The third kappa shape index (κ3) is 4.68. The molecule has 0 unspecified atom stereocenters. The molecule has 0 bridgehead atoms. The molecule has 29 heavy (non-hydrogen) atoms. The van der Waals surface area contributed by atoms with Crippen LogP contribution >= 0.6 is 0 Å². The van der Waals surface area contributed by atoms with Crippen molar-refractivity contribution in [3.63, 3.8) is 0 Å². The Morgan fingerprint density at radius 1 is 0.828 bits per heavy atom. The maximum absolute atomic E-state index is 11.1. The van der Waals surface area contributed by atoms with Gasteiger partial charge in [0.2, 0.25) is 5.91 Å². The smallest absolute Gasteiger partial charge is 0.248 e. The molecule has 0 atom stereocenters. The summed E-state index contributed by atoms with van der Waals surface area (Å²) < 4.78 is 5.86. The number of nitrogens with zero attached hydrogens (tertiary/aromatic N) is 1. The van der Waals surface area contributed by atoms with Gasteiger partial charge in [-0.25, -0.2) is 4.98 Å². The predicted molar refractivity (Wildman–Crippen MR) is 116 cm³/mol. The Hall–Kier alpha value is -3.92. The highest BCUT2D eigenvalue weighted by Gasteiger charge is 2.01. The molecule has 0 saturated carbocycles. The van der Waals surface area contributed by atoms with E-state index in [1.54, 1.807) is 12.1 Å². The van der Waals surface area contributed by atoms with E-state index in [1.165, 1.54) is 0 Å². The van der Waals surface area contributed by atoms with Gasteiger partial charge in [-0.15, -0.1) is 0 Å². The Morgan fingerprint density at radius 2 is 1.48 bits per heavy atom. The molecule has 4 aromatic rings. The molecule has 4 rings (SSSR count). The number of hydrogen-bond donors (Lipinski definition) is 1. The Morgan fingerprint density at radius 3 is 2.17 bits per heavy atom. The van der Waals surface area contributed by atoms with Crippen LogP contribution in [0, 0.1) is 0 Å². The number of rotatable bonds is 6. The van der Waals surface area contributed by atoms with Gasteiger partial charge in [-0.3, -0.25) is 4.79 Å². The number of aromatic nitrogens is 1. The van der Waals surface area contributed by atoms with Gasteiger partial charge >= 0.3 is 0 Å². The number of nitrogens with two attached hydrogens (primary N) is 1. The second-order valence-corrected chi connectivity index (χ2v) is 6.67. The van der Waals surface area contributed by atoms with Crippen molar-refractivity contribution in [2.45, 2.75) is 6.61 Å². The summed E-state index contributed by atoms with van der Waals surface area (Å²) in [6, 6.07) is 27.1. The van der Waals surface area contributed by atoms with Crippen LogP contribution in [0.3, 0.4) is 0 Å². The second-order valence-electron chi connectivity index (χ2n) is 6.67. The summed E-state index contributed by atoms with van der Waals surface area (Å²) in [6.07, 6.45) is 3.99. The highest BCUT2D eigenvalue weighted by molar-refractivity contribution is 5.93. The molecule has 4 nitrogen and oxygen atoms in total. The van der Waals surface area contributed by atoms with Gasteiger partial charge in [0, 0.05) is 10.9 Å². The molecular formula is C25H20N2O2. The van der Waals surface area contributed by atoms with Gasteiger partial charge in [0.15, 0.2) is 0 Å². The molecule has 2 N–H and O–H groups in total. The molecule has 0 saturated heterocycles. The summed E-state index contributed by atoms with van der Waals surface area (Å²) in [6.45, 7) is 0.423. The van der Waals surface area contributed by atoms with Crippen LogP contribution in [0.4, 0.5) is 0 Å². The lowest BCUT2D eigenvalue weighted by molar-refractivity contribution is 0.100. The van der Waals surface area contributed by atoms with Crippen LogP contribution in [-0.2, 0) is 6.61 Å². The third-order valence-corrected chi connectivity index (χ3v) is 4.59. The van der Waals surface area contributed by atoms with E-state index in [4.69, 9.17) is 10.5 Å². The second kappa shape index (κ2) is 8.40. The summed E-state index contributed by atoms with van der Waals surface area (Å²) in [4.78, 5) is 15.7. The van der Waals surface area contributed by atoms with Gasteiger partial charge < -0.3 is 10.5 Å². The van der Waals surface area contributed by atoms with Crippen LogP contribution in [0.15, 0.2) is 84.9 Å². The van der Waals surface area contributed by atoms with Crippen LogP contribution in [-0.4, -0.2) is 10.9 Å². The first-order chi connectivity index (χ1) is 14.2. The van der Waals surface area contributed by atoms with E-state index >= 15 is 0 Å². The molecule has 142 valence electrons. The maximum Gasteiger partial charge on any atom is 0.248 e. The molecule has 1 aromatic heterocycles. The third-order valence-electron chi connectivity index (χ3n) is 4.59. The summed E-state index contributed by atoms with van der Waals surface area (Å²) in [5.74, 6) is 0.373. The number of primary amides is 1. The molecule has 1 amide bonds. The SMILES string of the molecule is NC(=O)c1ccc(C=Cc2ccc(OCc3ccc4ccccc4n3)cc2)cc1. The van der Waals surface area contributed by atoms with E-state index < -0.39 is 5.91 Å². The number of carbonyl (C=O) groups excluding carboxylic acids is 1. The van der Waals surface area contributed by atoms with Crippen molar-refractivity contribution in [2.75, 3.05) is 0 Å². The van der Waals surface area contributed by atoms with Gasteiger partial charge in [0.05, 0.1) is 11.2 Å². The molecule has 0 fully saturated rings. The minimum atomic E-state index is -0.421. The summed E-state index contributed by atoms with van der Waals surface area (Å²) >= 11 is 0. The molecule has 0 aliphatic heterocycles. The predicted octanol–water partition coefficient (Wildman–Crippen LogP) is 5.08. The average Bonchev–Trinajstić information content (AvgIpc) is 2.77. The first kappa shape index (κ1) is 18.4. The fraction of sp³-hybridized carbons (Fsp3) is 0.0400. The van der Waals surface area contributed by atoms with Crippen LogP contribution < -0.4 is 10.5 Å². The summed E-state index contributed by atoms with van der Waals surface area (Å²) in [7, 11) is 0. The quantitative estimate of drug-likeness (QED) is 0.474. The first-order valence-corrected chi connectivity index (χ1v) is 9.33. The molecule has 1 heterocycles. The van der Waals surface area contributed by atoms with Crippen LogP contribution in [0.25, 0.3) is 23.1 Å². The lowest BCUT2D eigenvalue weighted by atomic mass is 10.1. The number of fused-ring (bicyclic) bond motifs is 1. The summed E-state index contributed by atoms with van der Waals surface area (Å²) in [5.41, 5.74) is 9.68. The minimum Gasteiger partial charge on any atom is -0.487 e. The van der Waals surface area contributed by atoms with Gasteiger partial charge in [0.1, 0.15) is 12.4 Å². The normalized spacial score (nSPS) is 11.0. The average molecular weight is 380 g/mol. The first-order valence-electron chi connectivity index (χ1n) is 9.33.